The lowest BCUT2D eigenvalue weighted by Gasteiger charge is -2.26. The van der Waals surface area contributed by atoms with Crippen molar-refractivity contribution in [2.45, 2.75) is 52.7 Å². The molecule has 3 aromatic carbocycles. The normalized spacial score (nSPS) is 12.0. The Morgan fingerprint density at radius 2 is 1.47 bits per heavy atom. The van der Waals surface area contributed by atoms with E-state index < -0.39 is 41.6 Å². The maximum absolute atomic E-state index is 13.6. The molecule has 5 amide bonds. The number of aliphatic hydroxyl groups excluding tert-OH is 2. The average molecular weight is 706 g/mol. The minimum Gasteiger partial charge on any atom is -0.476 e. The molecule has 4 rings (SSSR count). The second kappa shape index (κ2) is 17.0. The van der Waals surface area contributed by atoms with Crippen LogP contribution in [0.5, 0.6) is 11.5 Å². The summed E-state index contributed by atoms with van der Waals surface area (Å²) < 4.78 is 20.8. The highest BCUT2D eigenvalue weighted by Crippen LogP contribution is 2.36. The lowest BCUT2D eigenvalue weighted by molar-refractivity contribution is 0.0635. The molecule has 0 radical (unpaired) electrons. The van der Waals surface area contributed by atoms with E-state index in [9.17, 15) is 29.4 Å². The first kappa shape index (κ1) is 37.7. The third-order valence-electron chi connectivity index (χ3n) is 7.22. The van der Waals surface area contributed by atoms with Gasteiger partial charge < -0.3 is 49.6 Å². The first-order valence-corrected chi connectivity index (χ1v) is 16.3. The van der Waals surface area contributed by atoms with Gasteiger partial charge in [-0.1, -0.05) is 37.6 Å². The molecule has 0 aliphatic carbocycles. The summed E-state index contributed by atoms with van der Waals surface area (Å²) in [6.07, 6.45) is 0.443. The van der Waals surface area contributed by atoms with Crippen molar-refractivity contribution in [1.29, 1.82) is 0 Å². The maximum atomic E-state index is 13.6. The summed E-state index contributed by atoms with van der Waals surface area (Å²) in [6.45, 7) is 7.92. The average Bonchev–Trinajstić information content (AvgIpc) is 3.07. The van der Waals surface area contributed by atoms with E-state index in [1.807, 2.05) is 6.92 Å². The Bertz CT molecular complexity index is 1750. The number of anilines is 3. The molecular formula is C36H43N5O10. The SMILES string of the molecule is CCCCOC(=O)N(C)CCN(Cc1ccc(C(=O)Nc2ccccc2NC(=O)OC(C)(C)C)cc1)C(=O)Nc1ccc2c(c1)OC(O)=C(O)O2. The molecule has 15 heteroatoms. The number of nitrogens with zero attached hydrogens (tertiary/aromatic N) is 2. The molecule has 51 heavy (non-hydrogen) atoms. The standard InChI is InChI=1S/C36H43N5O10/c1-6-7-20-48-35(47)40(5)18-19-41(33(45)37-25-16-17-28-29(21-25)50-32(44)31(43)49-28)22-23-12-14-24(15-13-23)30(42)38-26-10-8-9-11-27(26)39-34(46)51-36(2,3)4/h8-17,21,43-44H,6-7,18-20,22H2,1-5H3,(H,37,45)(H,38,42)(H,39,46). The van der Waals surface area contributed by atoms with Crippen LogP contribution in [0.4, 0.5) is 31.4 Å². The summed E-state index contributed by atoms with van der Waals surface area (Å²) in [6, 6.07) is 17.2. The van der Waals surface area contributed by atoms with Gasteiger partial charge in [-0.2, -0.15) is 0 Å². The zero-order valence-corrected chi connectivity index (χ0v) is 29.1. The first-order valence-electron chi connectivity index (χ1n) is 16.3. The van der Waals surface area contributed by atoms with Gasteiger partial charge in [0.1, 0.15) is 5.60 Å². The number of likely N-dealkylation sites (N-methyl/N-ethyl adjacent to an activating group) is 1. The van der Waals surface area contributed by atoms with E-state index in [1.165, 1.54) is 28.0 Å². The quantitative estimate of drug-likeness (QED) is 0.121. The third kappa shape index (κ3) is 11.2. The maximum Gasteiger partial charge on any atom is 0.412 e. The number of hydrogen-bond acceptors (Lipinski definition) is 10. The van der Waals surface area contributed by atoms with Crippen molar-refractivity contribution in [3.63, 3.8) is 0 Å². The van der Waals surface area contributed by atoms with Crippen molar-refractivity contribution < 1.29 is 48.3 Å². The van der Waals surface area contributed by atoms with E-state index in [0.717, 1.165) is 12.8 Å². The van der Waals surface area contributed by atoms with Gasteiger partial charge in [0.05, 0.1) is 18.0 Å². The Hall–Kier alpha value is -6.12. The van der Waals surface area contributed by atoms with Crippen molar-refractivity contribution in [1.82, 2.24) is 9.80 Å². The zero-order valence-electron chi connectivity index (χ0n) is 29.1. The Balaban J connectivity index is 1.45. The van der Waals surface area contributed by atoms with Gasteiger partial charge in [-0.15, -0.1) is 0 Å². The number of ether oxygens (including phenoxy) is 4. The molecule has 0 bridgehead atoms. The van der Waals surface area contributed by atoms with Gasteiger partial charge in [-0.3, -0.25) is 10.1 Å². The van der Waals surface area contributed by atoms with Crippen molar-refractivity contribution in [2.24, 2.45) is 0 Å². The third-order valence-corrected chi connectivity index (χ3v) is 7.22. The van der Waals surface area contributed by atoms with Gasteiger partial charge in [0.2, 0.25) is 0 Å². The van der Waals surface area contributed by atoms with E-state index in [0.29, 0.717) is 34.8 Å². The Kier molecular flexibility index (Phi) is 12.6. The number of aliphatic hydroxyl groups is 2. The van der Waals surface area contributed by atoms with Gasteiger partial charge in [0, 0.05) is 44.0 Å². The van der Waals surface area contributed by atoms with Gasteiger partial charge in [-0.25, -0.2) is 14.4 Å². The van der Waals surface area contributed by atoms with E-state index >= 15 is 0 Å². The molecule has 1 heterocycles. The van der Waals surface area contributed by atoms with Crippen LogP contribution in [-0.4, -0.2) is 76.5 Å². The van der Waals surface area contributed by atoms with Crippen LogP contribution in [0.2, 0.25) is 0 Å². The summed E-state index contributed by atoms with van der Waals surface area (Å²) in [7, 11) is 1.58. The minimum absolute atomic E-state index is 0.0707. The molecule has 1 aliphatic rings. The summed E-state index contributed by atoms with van der Waals surface area (Å²) >= 11 is 0. The number of fused-ring (bicyclic) bond motifs is 1. The largest absolute Gasteiger partial charge is 0.476 e. The highest BCUT2D eigenvalue weighted by Gasteiger charge is 2.23. The molecule has 272 valence electrons. The predicted molar refractivity (Wildman–Crippen MR) is 189 cm³/mol. The lowest BCUT2D eigenvalue weighted by Crippen LogP contribution is -2.41. The van der Waals surface area contributed by atoms with Crippen molar-refractivity contribution in [3.05, 3.63) is 89.7 Å². The summed E-state index contributed by atoms with van der Waals surface area (Å²) in [5.74, 6) is -1.83. The van der Waals surface area contributed by atoms with Crippen LogP contribution in [0, 0.1) is 0 Å². The fourth-order valence-electron chi connectivity index (χ4n) is 4.57. The first-order chi connectivity index (χ1) is 24.2. The monoisotopic (exact) mass is 705 g/mol. The molecule has 0 atom stereocenters. The van der Waals surface area contributed by atoms with Gasteiger partial charge in [-0.05, 0) is 69.2 Å². The summed E-state index contributed by atoms with van der Waals surface area (Å²) in [5.41, 5.74) is 1.37. The molecule has 0 saturated heterocycles. The topological polar surface area (TPSA) is 188 Å². The van der Waals surface area contributed by atoms with Gasteiger partial charge in [0.25, 0.3) is 5.91 Å². The number of amides is 5. The number of carbonyl (C=O) groups excluding carboxylic acids is 4. The van der Waals surface area contributed by atoms with E-state index in [-0.39, 0.29) is 31.1 Å². The molecular weight excluding hydrogens is 662 g/mol. The molecule has 1 aliphatic heterocycles. The molecule has 15 nitrogen and oxygen atoms in total. The van der Waals surface area contributed by atoms with Crippen LogP contribution >= 0.6 is 0 Å². The highest BCUT2D eigenvalue weighted by molar-refractivity contribution is 6.07. The van der Waals surface area contributed by atoms with Crippen molar-refractivity contribution in [3.8, 4) is 11.5 Å². The minimum atomic E-state index is -0.819. The fourth-order valence-corrected chi connectivity index (χ4v) is 4.57. The number of rotatable bonds is 12. The smallest absolute Gasteiger partial charge is 0.412 e. The number of nitrogens with one attached hydrogen (secondary N) is 3. The van der Waals surface area contributed by atoms with Crippen LogP contribution in [-0.2, 0) is 16.0 Å². The fraction of sp³-hybridized carbons (Fsp3) is 0.333. The van der Waals surface area contributed by atoms with Crippen LogP contribution < -0.4 is 25.4 Å². The Labute approximate surface area is 295 Å². The molecule has 0 saturated carbocycles. The van der Waals surface area contributed by atoms with Crippen LogP contribution in [0.25, 0.3) is 0 Å². The van der Waals surface area contributed by atoms with Gasteiger partial charge in [0.15, 0.2) is 11.5 Å². The highest BCUT2D eigenvalue weighted by atomic mass is 16.7. The zero-order chi connectivity index (χ0) is 37.1. The number of carbonyl (C=O) groups is 4. The van der Waals surface area contributed by atoms with Crippen molar-refractivity contribution >= 4 is 41.2 Å². The number of para-hydroxylation sites is 2. The Morgan fingerprint density at radius 3 is 2.12 bits per heavy atom. The predicted octanol–water partition coefficient (Wildman–Crippen LogP) is 7.20. The van der Waals surface area contributed by atoms with E-state index in [2.05, 4.69) is 16.0 Å². The van der Waals surface area contributed by atoms with Crippen LogP contribution in [0.1, 0.15) is 56.5 Å². The summed E-state index contributed by atoms with van der Waals surface area (Å²) in [5, 5.41) is 27.5. The molecule has 3 aromatic rings. The second-order valence-electron chi connectivity index (χ2n) is 12.5. The second-order valence-corrected chi connectivity index (χ2v) is 12.5. The number of urea groups is 1. The lowest BCUT2D eigenvalue weighted by atomic mass is 10.1. The number of unbranched alkanes of at least 4 members (excludes halogenated alkanes) is 1. The van der Waals surface area contributed by atoms with Crippen molar-refractivity contribution in [2.75, 3.05) is 42.7 Å². The molecule has 0 unspecified atom stereocenters. The van der Waals surface area contributed by atoms with Crippen LogP contribution in [0.15, 0.2) is 78.6 Å². The van der Waals surface area contributed by atoms with Crippen LogP contribution in [0.3, 0.4) is 0 Å². The van der Waals surface area contributed by atoms with Gasteiger partial charge >= 0.3 is 30.1 Å². The molecule has 0 aromatic heterocycles. The number of benzene rings is 3. The molecule has 0 spiro atoms. The molecule has 0 fully saturated rings. The Morgan fingerprint density at radius 1 is 0.824 bits per heavy atom. The number of hydrogen-bond donors (Lipinski definition) is 5. The molecule has 5 N–H and O–H groups in total. The van der Waals surface area contributed by atoms with E-state index in [1.54, 1.807) is 76.3 Å². The van der Waals surface area contributed by atoms with E-state index in [4.69, 9.17) is 18.9 Å². The summed E-state index contributed by atoms with van der Waals surface area (Å²) in [4.78, 5) is 54.4.